The number of hydrogen-bond acceptors (Lipinski definition) is 2. The van der Waals surface area contributed by atoms with Gasteiger partial charge in [-0.25, -0.2) is 9.59 Å². The van der Waals surface area contributed by atoms with Crippen LogP contribution in [0.25, 0.3) is 0 Å². The molecule has 0 amide bonds. The van der Waals surface area contributed by atoms with E-state index in [1.54, 1.807) is 6.92 Å². The van der Waals surface area contributed by atoms with Gasteiger partial charge in [0.25, 0.3) is 0 Å². The van der Waals surface area contributed by atoms with E-state index >= 15 is 0 Å². The molecule has 0 aliphatic carbocycles. The third kappa shape index (κ3) is 3.18. The lowest BCUT2D eigenvalue weighted by atomic mass is 9.98. The lowest BCUT2D eigenvalue weighted by Crippen LogP contribution is -2.11. The highest BCUT2D eigenvalue weighted by molar-refractivity contribution is 5.94. The largest absolute Gasteiger partial charge is 0.478 e. The van der Waals surface area contributed by atoms with Crippen molar-refractivity contribution in [2.24, 2.45) is 5.92 Å². The van der Waals surface area contributed by atoms with Crippen LogP contribution in [0.3, 0.4) is 0 Å². The molecule has 0 radical (unpaired) electrons. The minimum Gasteiger partial charge on any atom is -0.478 e. The van der Waals surface area contributed by atoms with Crippen molar-refractivity contribution in [3.63, 3.8) is 0 Å². The Hall–Kier alpha value is -1.32. The molecule has 0 saturated carbocycles. The Labute approximate surface area is 70.5 Å². The third-order valence-corrected chi connectivity index (χ3v) is 1.67. The minimum atomic E-state index is -1.22. The molecule has 4 nitrogen and oxygen atoms in total. The molecule has 0 aromatic carbocycles. The topological polar surface area (TPSA) is 74.6 Å². The number of hydrogen-bond donors (Lipinski definition) is 2. The predicted molar refractivity (Wildman–Crippen MR) is 42.8 cm³/mol. The summed E-state index contributed by atoms with van der Waals surface area (Å²) in [6.07, 6.45) is 1.36. The zero-order valence-electron chi connectivity index (χ0n) is 7.07. The molecule has 0 aliphatic heterocycles. The number of carbonyl (C=O) groups is 2. The standard InChI is InChI=1S/C8H12O4/c1-3-5(2)6(8(11)12)4-7(9)10/h4-5H,3H2,1-2H3,(H,9,10)(H,11,12)/b6-4-. The van der Waals surface area contributed by atoms with Gasteiger partial charge in [-0.15, -0.1) is 0 Å². The van der Waals surface area contributed by atoms with Crippen LogP contribution in [0.2, 0.25) is 0 Å². The molecule has 0 aliphatic rings. The fourth-order valence-electron chi connectivity index (χ4n) is 0.768. The summed E-state index contributed by atoms with van der Waals surface area (Å²) in [7, 11) is 0. The van der Waals surface area contributed by atoms with E-state index in [9.17, 15) is 9.59 Å². The van der Waals surface area contributed by atoms with Gasteiger partial charge in [0, 0.05) is 11.6 Å². The Kier molecular flexibility index (Phi) is 4.04. The summed E-state index contributed by atoms with van der Waals surface area (Å²) in [6.45, 7) is 3.49. The van der Waals surface area contributed by atoms with Crippen LogP contribution in [0.5, 0.6) is 0 Å². The average molecular weight is 172 g/mol. The molecule has 0 saturated heterocycles. The van der Waals surface area contributed by atoms with Gasteiger partial charge in [-0.3, -0.25) is 0 Å². The lowest BCUT2D eigenvalue weighted by Gasteiger charge is -2.07. The molecule has 68 valence electrons. The average Bonchev–Trinajstić information content (AvgIpc) is 1.98. The molecule has 0 bridgehead atoms. The zero-order chi connectivity index (χ0) is 9.72. The summed E-state index contributed by atoms with van der Waals surface area (Å²) in [4.78, 5) is 20.7. The summed E-state index contributed by atoms with van der Waals surface area (Å²) < 4.78 is 0. The van der Waals surface area contributed by atoms with Gasteiger partial charge in [0.2, 0.25) is 0 Å². The van der Waals surface area contributed by atoms with E-state index in [1.165, 1.54) is 0 Å². The highest BCUT2D eigenvalue weighted by Gasteiger charge is 2.15. The van der Waals surface area contributed by atoms with Gasteiger partial charge >= 0.3 is 11.9 Å². The Balaban J connectivity index is 4.66. The van der Waals surface area contributed by atoms with E-state index in [1.807, 2.05) is 6.92 Å². The van der Waals surface area contributed by atoms with Crippen LogP contribution < -0.4 is 0 Å². The van der Waals surface area contributed by atoms with Gasteiger partial charge in [0.05, 0.1) is 0 Å². The van der Waals surface area contributed by atoms with Crippen molar-refractivity contribution in [1.82, 2.24) is 0 Å². The second-order valence-electron chi connectivity index (χ2n) is 2.55. The maximum Gasteiger partial charge on any atom is 0.332 e. The summed E-state index contributed by atoms with van der Waals surface area (Å²) >= 11 is 0. The number of rotatable bonds is 4. The van der Waals surface area contributed by atoms with Crippen molar-refractivity contribution in [1.29, 1.82) is 0 Å². The van der Waals surface area contributed by atoms with Crippen LogP contribution in [0.15, 0.2) is 11.6 Å². The van der Waals surface area contributed by atoms with E-state index in [-0.39, 0.29) is 11.5 Å². The van der Waals surface area contributed by atoms with E-state index in [0.29, 0.717) is 6.42 Å². The Morgan fingerprint density at radius 2 is 1.92 bits per heavy atom. The predicted octanol–water partition coefficient (Wildman–Crippen LogP) is 1.13. The van der Waals surface area contributed by atoms with E-state index in [2.05, 4.69) is 0 Å². The Morgan fingerprint density at radius 3 is 2.17 bits per heavy atom. The smallest absolute Gasteiger partial charge is 0.332 e. The quantitative estimate of drug-likeness (QED) is 0.623. The fraction of sp³-hybridized carbons (Fsp3) is 0.500. The monoisotopic (exact) mass is 172 g/mol. The molecule has 0 aromatic heterocycles. The molecule has 1 unspecified atom stereocenters. The molecular weight excluding hydrogens is 160 g/mol. The molecule has 2 N–H and O–H groups in total. The van der Waals surface area contributed by atoms with Crippen LogP contribution in [-0.4, -0.2) is 22.2 Å². The summed E-state index contributed by atoms with van der Waals surface area (Å²) in [5.74, 6) is -2.60. The summed E-state index contributed by atoms with van der Waals surface area (Å²) in [5, 5.41) is 16.9. The molecule has 1 atom stereocenters. The van der Waals surface area contributed by atoms with Gasteiger partial charge in [0.15, 0.2) is 0 Å². The lowest BCUT2D eigenvalue weighted by molar-refractivity contribution is -0.135. The van der Waals surface area contributed by atoms with E-state index in [4.69, 9.17) is 10.2 Å². The van der Waals surface area contributed by atoms with Crippen LogP contribution in [0.4, 0.5) is 0 Å². The van der Waals surface area contributed by atoms with Crippen molar-refractivity contribution in [3.8, 4) is 0 Å². The van der Waals surface area contributed by atoms with Crippen molar-refractivity contribution >= 4 is 11.9 Å². The van der Waals surface area contributed by atoms with E-state index in [0.717, 1.165) is 6.08 Å². The highest BCUT2D eigenvalue weighted by Crippen LogP contribution is 2.13. The molecule has 12 heavy (non-hydrogen) atoms. The first kappa shape index (κ1) is 10.7. The minimum absolute atomic E-state index is 0.0509. The van der Waals surface area contributed by atoms with Gasteiger partial charge in [-0.1, -0.05) is 13.8 Å². The third-order valence-electron chi connectivity index (χ3n) is 1.67. The Bertz CT molecular complexity index is 217. The maximum atomic E-state index is 10.5. The first-order valence-electron chi connectivity index (χ1n) is 3.66. The molecule has 4 heteroatoms. The van der Waals surface area contributed by atoms with Crippen molar-refractivity contribution in [2.45, 2.75) is 20.3 Å². The van der Waals surface area contributed by atoms with Gasteiger partial charge < -0.3 is 10.2 Å². The van der Waals surface area contributed by atoms with Crippen LogP contribution >= 0.6 is 0 Å². The van der Waals surface area contributed by atoms with Crippen molar-refractivity contribution in [3.05, 3.63) is 11.6 Å². The number of aliphatic carboxylic acids is 2. The first-order chi connectivity index (χ1) is 5.49. The molecule has 0 rings (SSSR count). The van der Waals surface area contributed by atoms with E-state index < -0.39 is 11.9 Å². The van der Waals surface area contributed by atoms with Crippen molar-refractivity contribution < 1.29 is 19.8 Å². The highest BCUT2D eigenvalue weighted by atomic mass is 16.4. The van der Waals surface area contributed by atoms with Crippen LogP contribution in [0, 0.1) is 5.92 Å². The summed E-state index contributed by atoms with van der Waals surface area (Å²) in [6, 6.07) is 0. The van der Waals surface area contributed by atoms with Crippen molar-refractivity contribution in [2.75, 3.05) is 0 Å². The van der Waals surface area contributed by atoms with Gasteiger partial charge in [-0.05, 0) is 12.3 Å². The second kappa shape index (κ2) is 4.54. The number of carboxylic acids is 2. The first-order valence-corrected chi connectivity index (χ1v) is 3.66. The molecule has 0 heterocycles. The second-order valence-corrected chi connectivity index (χ2v) is 2.55. The fourth-order valence-corrected chi connectivity index (χ4v) is 0.768. The van der Waals surface area contributed by atoms with Gasteiger partial charge in [-0.2, -0.15) is 0 Å². The molecule has 0 fully saturated rings. The molecule has 0 spiro atoms. The van der Waals surface area contributed by atoms with Crippen LogP contribution in [0.1, 0.15) is 20.3 Å². The summed E-state index contributed by atoms with van der Waals surface area (Å²) in [5.41, 5.74) is -0.0509. The van der Waals surface area contributed by atoms with Crippen LogP contribution in [-0.2, 0) is 9.59 Å². The SMILES string of the molecule is CCC(C)/C(=C/C(=O)O)C(=O)O. The van der Waals surface area contributed by atoms with Gasteiger partial charge in [0.1, 0.15) is 0 Å². The maximum absolute atomic E-state index is 10.5. The zero-order valence-corrected chi connectivity index (χ0v) is 7.07. The molecule has 0 aromatic rings. The normalized spacial score (nSPS) is 14.0. The Morgan fingerprint density at radius 1 is 1.42 bits per heavy atom. The molecular formula is C8H12O4. The number of carboxylic acid groups (broad SMARTS) is 2.